The summed E-state index contributed by atoms with van der Waals surface area (Å²) < 4.78 is 22.1. The average Bonchev–Trinajstić information content (AvgIpc) is 3.13. The molecule has 0 aromatic heterocycles. The predicted octanol–water partition coefficient (Wildman–Crippen LogP) is 11.9. The third-order valence-corrected chi connectivity index (χ3v) is 10.4. The van der Waals surface area contributed by atoms with Crippen molar-refractivity contribution in [3.05, 3.63) is 36.5 Å². The topological polar surface area (TPSA) is 131 Å². The Labute approximate surface area is 320 Å². The van der Waals surface area contributed by atoms with Crippen molar-refractivity contribution in [2.75, 3.05) is 19.8 Å². The zero-order chi connectivity index (χ0) is 38.2. The molecule has 0 saturated carbocycles. The van der Waals surface area contributed by atoms with E-state index in [1.165, 1.54) is 135 Å². The van der Waals surface area contributed by atoms with Crippen molar-refractivity contribution in [2.45, 2.75) is 212 Å². The molecule has 3 unspecified atom stereocenters. The first-order valence-corrected chi connectivity index (χ1v) is 23.1. The highest BCUT2D eigenvalue weighted by Gasteiger charge is 2.26. The molecule has 0 fully saturated rings. The lowest BCUT2D eigenvalue weighted by Crippen LogP contribution is -2.45. The van der Waals surface area contributed by atoms with Crippen molar-refractivity contribution in [2.24, 2.45) is 5.73 Å². The number of nitrogens with one attached hydrogen (secondary N) is 1. The van der Waals surface area contributed by atoms with Gasteiger partial charge in [-0.1, -0.05) is 185 Å². The smallest absolute Gasteiger partial charge is 0.387 e. The first-order chi connectivity index (χ1) is 25.4. The number of hydrogen-bond acceptors (Lipinski definition) is 6. The van der Waals surface area contributed by atoms with Gasteiger partial charge in [-0.15, -0.1) is 0 Å². The largest absolute Gasteiger partial charge is 0.472 e. The molecular weight excluding hydrogens is 671 g/mol. The normalized spacial score (nSPS) is 14.5. The van der Waals surface area contributed by atoms with Crippen molar-refractivity contribution in [1.29, 1.82) is 0 Å². The van der Waals surface area contributed by atoms with Gasteiger partial charge >= 0.3 is 7.82 Å². The monoisotopic (exact) mass is 755 g/mol. The molecule has 3 atom stereocenters. The summed E-state index contributed by atoms with van der Waals surface area (Å²) in [5.74, 6) is -0.207. The maximum absolute atomic E-state index is 12.7. The van der Waals surface area contributed by atoms with E-state index in [1.54, 1.807) is 6.08 Å². The number of carbonyl (C=O) groups excluding carboxylic acids is 1. The maximum atomic E-state index is 12.7. The number of carbonyl (C=O) groups is 1. The summed E-state index contributed by atoms with van der Waals surface area (Å²) in [7, 11) is -4.35. The highest BCUT2D eigenvalue weighted by molar-refractivity contribution is 7.47. The van der Waals surface area contributed by atoms with Crippen LogP contribution in [0.25, 0.3) is 0 Å². The predicted molar refractivity (Wildman–Crippen MR) is 221 cm³/mol. The quantitative estimate of drug-likeness (QED) is 0.0278. The maximum Gasteiger partial charge on any atom is 0.472 e. The minimum absolute atomic E-state index is 0.0726. The second-order valence-electron chi connectivity index (χ2n) is 14.5. The van der Waals surface area contributed by atoms with Gasteiger partial charge < -0.3 is 21.1 Å². The number of amides is 1. The third-order valence-electron chi connectivity index (χ3n) is 9.45. The number of hydrogen-bond donors (Lipinski definition) is 4. The first-order valence-electron chi connectivity index (χ1n) is 21.6. The lowest BCUT2D eigenvalue weighted by atomic mass is 10.0. The SMILES string of the molecule is CCCCCCCCC/C=C/CC/C=C/CC/C=C/C(O)C(COP(=O)(O)OCCN)NC(=O)CCCCCCCCCCCCCCCCCC. The number of phosphoric ester groups is 1. The van der Waals surface area contributed by atoms with Gasteiger partial charge in [0, 0.05) is 13.0 Å². The molecule has 0 aromatic carbocycles. The molecule has 9 heteroatoms. The van der Waals surface area contributed by atoms with Crippen molar-refractivity contribution in [1.82, 2.24) is 5.32 Å². The third kappa shape index (κ3) is 37.1. The van der Waals surface area contributed by atoms with E-state index in [0.717, 1.165) is 44.9 Å². The van der Waals surface area contributed by atoms with Gasteiger partial charge in [0.25, 0.3) is 0 Å². The Morgan fingerprint density at radius 3 is 1.48 bits per heavy atom. The summed E-state index contributed by atoms with van der Waals surface area (Å²) in [6.07, 6.45) is 46.2. The molecule has 0 rings (SSSR count). The fraction of sp³-hybridized carbons (Fsp3) is 0.837. The molecule has 306 valence electrons. The Morgan fingerprint density at radius 1 is 0.615 bits per heavy atom. The number of unbranched alkanes of at least 4 members (excludes halogenated alkanes) is 24. The molecular formula is C43H83N2O6P. The van der Waals surface area contributed by atoms with Gasteiger partial charge in [0.05, 0.1) is 25.4 Å². The molecule has 0 saturated heterocycles. The van der Waals surface area contributed by atoms with Gasteiger partial charge in [-0.25, -0.2) is 4.57 Å². The number of aliphatic hydroxyl groups is 1. The van der Waals surface area contributed by atoms with Gasteiger partial charge in [0.15, 0.2) is 0 Å². The van der Waals surface area contributed by atoms with Crippen LogP contribution in [-0.2, 0) is 18.4 Å². The van der Waals surface area contributed by atoms with Crippen LogP contribution in [0.15, 0.2) is 36.5 Å². The molecule has 0 heterocycles. The molecule has 0 spiro atoms. The van der Waals surface area contributed by atoms with Crippen molar-refractivity contribution in [3.63, 3.8) is 0 Å². The molecule has 0 aliphatic carbocycles. The molecule has 0 bridgehead atoms. The first kappa shape index (κ1) is 50.7. The van der Waals surface area contributed by atoms with E-state index in [1.807, 2.05) is 6.08 Å². The minimum Gasteiger partial charge on any atom is -0.387 e. The number of aliphatic hydroxyl groups excluding tert-OH is 1. The van der Waals surface area contributed by atoms with Crippen LogP contribution in [0.4, 0.5) is 0 Å². The molecule has 52 heavy (non-hydrogen) atoms. The summed E-state index contributed by atoms with van der Waals surface area (Å²) in [5.41, 5.74) is 5.37. The van der Waals surface area contributed by atoms with Crippen LogP contribution in [0.2, 0.25) is 0 Å². The van der Waals surface area contributed by atoms with Gasteiger partial charge in [-0.3, -0.25) is 13.8 Å². The van der Waals surface area contributed by atoms with Crippen LogP contribution in [0, 0.1) is 0 Å². The lowest BCUT2D eigenvalue weighted by molar-refractivity contribution is -0.123. The van der Waals surface area contributed by atoms with Gasteiger partial charge in [0.2, 0.25) is 5.91 Å². The van der Waals surface area contributed by atoms with E-state index in [0.29, 0.717) is 6.42 Å². The zero-order valence-electron chi connectivity index (χ0n) is 33.8. The minimum atomic E-state index is -4.35. The van der Waals surface area contributed by atoms with Crippen molar-refractivity contribution >= 4 is 13.7 Å². The fourth-order valence-electron chi connectivity index (χ4n) is 6.16. The number of nitrogens with two attached hydrogens (primary N) is 1. The zero-order valence-corrected chi connectivity index (χ0v) is 34.7. The van der Waals surface area contributed by atoms with E-state index < -0.39 is 20.0 Å². The average molecular weight is 755 g/mol. The molecule has 0 aliphatic heterocycles. The van der Waals surface area contributed by atoms with E-state index in [4.69, 9.17) is 14.8 Å². The highest BCUT2D eigenvalue weighted by atomic mass is 31.2. The standard InChI is InChI=1S/C43H83N2O6P/c1-3-5-7-9-11-13-15-17-19-21-22-24-26-28-30-32-34-36-42(46)41(40-51-52(48,49)50-39-38-44)45-43(47)37-35-33-31-29-27-25-23-20-18-16-14-12-10-8-6-4-2/h19,21,26,28,34,36,41-42,46H,3-18,20,22-25,27,29-33,35,37-40,44H2,1-2H3,(H,45,47)(H,48,49)/b21-19+,28-26+,36-34+. The second-order valence-corrected chi connectivity index (χ2v) is 16.0. The number of allylic oxidation sites excluding steroid dienone is 5. The van der Waals surface area contributed by atoms with Crippen molar-refractivity contribution in [3.8, 4) is 0 Å². The second kappa shape index (κ2) is 39.4. The van der Waals surface area contributed by atoms with Crippen LogP contribution < -0.4 is 11.1 Å². The van der Waals surface area contributed by atoms with Crippen LogP contribution in [0.3, 0.4) is 0 Å². The van der Waals surface area contributed by atoms with E-state index >= 15 is 0 Å². The highest BCUT2D eigenvalue weighted by Crippen LogP contribution is 2.43. The molecule has 0 aliphatic rings. The summed E-state index contributed by atoms with van der Waals surface area (Å²) in [5, 5.41) is 13.6. The van der Waals surface area contributed by atoms with Crippen LogP contribution >= 0.6 is 7.82 Å². The molecule has 0 aromatic rings. The summed E-state index contributed by atoms with van der Waals surface area (Å²) in [6.45, 7) is 4.11. The lowest BCUT2D eigenvalue weighted by Gasteiger charge is -2.23. The molecule has 8 nitrogen and oxygen atoms in total. The van der Waals surface area contributed by atoms with Gasteiger partial charge in [0.1, 0.15) is 0 Å². The summed E-state index contributed by atoms with van der Waals surface area (Å²) in [4.78, 5) is 22.7. The number of rotatable bonds is 40. The number of phosphoric acid groups is 1. The van der Waals surface area contributed by atoms with E-state index in [-0.39, 0.29) is 25.7 Å². The summed E-state index contributed by atoms with van der Waals surface area (Å²) in [6, 6.07) is -0.879. The Kier molecular flexibility index (Phi) is 38.4. The Balaban J connectivity index is 4.29. The molecule has 0 radical (unpaired) electrons. The van der Waals surface area contributed by atoms with Gasteiger partial charge in [-0.2, -0.15) is 0 Å². The van der Waals surface area contributed by atoms with E-state index in [9.17, 15) is 19.4 Å². The van der Waals surface area contributed by atoms with Crippen molar-refractivity contribution < 1.29 is 28.4 Å². The Hall–Kier alpha value is -1.28. The Bertz CT molecular complexity index is 912. The van der Waals surface area contributed by atoms with Gasteiger partial charge in [-0.05, 0) is 44.9 Å². The summed E-state index contributed by atoms with van der Waals surface area (Å²) >= 11 is 0. The van der Waals surface area contributed by atoms with Crippen LogP contribution in [0.5, 0.6) is 0 Å². The molecule has 1 amide bonds. The molecule has 5 N–H and O–H groups in total. The van der Waals surface area contributed by atoms with E-state index in [2.05, 4.69) is 43.5 Å². The Morgan fingerprint density at radius 2 is 1.02 bits per heavy atom. The van der Waals surface area contributed by atoms with Crippen LogP contribution in [0.1, 0.15) is 200 Å². The van der Waals surface area contributed by atoms with Crippen LogP contribution in [-0.4, -0.2) is 47.8 Å². The fourth-order valence-corrected chi connectivity index (χ4v) is 6.92.